The third-order valence-corrected chi connectivity index (χ3v) is 3.09. The molecule has 0 heterocycles. The van der Waals surface area contributed by atoms with E-state index in [0.29, 0.717) is 0 Å². The molecule has 1 aliphatic carbocycles. The Labute approximate surface area is 85.3 Å². The Kier molecular flexibility index (Phi) is 2.98. The first kappa shape index (κ1) is 11.2. The van der Waals surface area contributed by atoms with Gasteiger partial charge in [-0.2, -0.15) is 0 Å². The molecule has 0 fully saturated rings. The smallest absolute Gasteiger partial charge is 0.130 e. The van der Waals surface area contributed by atoms with Crippen molar-refractivity contribution >= 4 is 0 Å². The molecule has 1 aliphatic rings. The highest BCUT2D eigenvalue weighted by Crippen LogP contribution is 2.36. The number of hydrogen-bond acceptors (Lipinski definition) is 2. The molecule has 0 saturated heterocycles. The van der Waals surface area contributed by atoms with Crippen LogP contribution in [0, 0.1) is 5.92 Å². The second-order valence-electron chi connectivity index (χ2n) is 4.05. The zero-order valence-electron chi connectivity index (χ0n) is 8.83. The lowest BCUT2D eigenvalue weighted by atomic mass is 9.73. The van der Waals surface area contributed by atoms with Gasteiger partial charge in [-0.25, -0.2) is 0 Å². The fourth-order valence-electron chi connectivity index (χ4n) is 1.89. The van der Waals surface area contributed by atoms with E-state index in [-0.39, 0.29) is 5.92 Å². The second kappa shape index (κ2) is 3.71. The first-order valence-electron chi connectivity index (χ1n) is 4.80. The van der Waals surface area contributed by atoms with E-state index in [2.05, 4.69) is 13.2 Å². The number of allylic oxidation sites excluding steroid dienone is 1. The Bertz CT molecular complexity index is 291. The van der Waals surface area contributed by atoms with E-state index < -0.39 is 11.7 Å². The van der Waals surface area contributed by atoms with Crippen molar-refractivity contribution in [3.05, 3.63) is 36.5 Å². The standard InChI is InChI=1S/C12H18O2/c1-5-12(14)9(4)6-7-10(8(2)3)11(12)13/h5-6,10-11,13-14H,1-2,7H2,3-4H3. The molecule has 1 rings (SSSR count). The highest BCUT2D eigenvalue weighted by atomic mass is 16.3. The summed E-state index contributed by atoms with van der Waals surface area (Å²) in [6.45, 7) is 11.1. The van der Waals surface area contributed by atoms with Crippen LogP contribution in [0.5, 0.6) is 0 Å². The quantitative estimate of drug-likeness (QED) is 0.658. The molecule has 0 bridgehead atoms. The van der Waals surface area contributed by atoms with Crippen LogP contribution in [0.2, 0.25) is 0 Å². The van der Waals surface area contributed by atoms with Crippen LogP contribution in [-0.4, -0.2) is 21.9 Å². The minimum atomic E-state index is -1.29. The lowest BCUT2D eigenvalue weighted by molar-refractivity contribution is -0.0436. The molecule has 0 aromatic carbocycles. The van der Waals surface area contributed by atoms with Gasteiger partial charge in [0, 0.05) is 5.92 Å². The summed E-state index contributed by atoms with van der Waals surface area (Å²) in [6, 6.07) is 0. The van der Waals surface area contributed by atoms with E-state index >= 15 is 0 Å². The summed E-state index contributed by atoms with van der Waals surface area (Å²) < 4.78 is 0. The molecule has 0 spiro atoms. The lowest BCUT2D eigenvalue weighted by Crippen LogP contribution is -2.48. The van der Waals surface area contributed by atoms with Crippen LogP contribution in [0.25, 0.3) is 0 Å². The Morgan fingerprint density at radius 2 is 2.29 bits per heavy atom. The molecule has 14 heavy (non-hydrogen) atoms. The molecule has 0 amide bonds. The van der Waals surface area contributed by atoms with Crippen molar-refractivity contribution in [2.24, 2.45) is 5.92 Å². The van der Waals surface area contributed by atoms with Crippen LogP contribution in [0.3, 0.4) is 0 Å². The van der Waals surface area contributed by atoms with E-state index in [1.54, 1.807) is 6.92 Å². The van der Waals surface area contributed by atoms with E-state index in [4.69, 9.17) is 0 Å². The molecule has 2 N–H and O–H groups in total. The van der Waals surface area contributed by atoms with Crippen LogP contribution < -0.4 is 0 Å². The van der Waals surface area contributed by atoms with E-state index in [1.165, 1.54) is 6.08 Å². The molecule has 2 heteroatoms. The molecule has 0 saturated carbocycles. The van der Waals surface area contributed by atoms with Gasteiger partial charge in [-0.05, 0) is 25.8 Å². The summed E-state index contributed by atoms with van der Waals surface area (Å²) in [4.78, 5) is 0. The van der Waals surface area contributed by atoms with E-state index in [1.807, 2.05) is 13.0 Å². The third-order valence-electron chi connectivity index (χ3n) is 3.09. The Morgan fingerprint density at radius 1 is 1.71 bits per heavy atom. The average molecular weight is 194 g/mol. The van der Waals surface area contributed by atoms with Gasteiger partial charge in [-0.3, -0.25) is 0 Å². The highest BCUT2D eigenvalue weighted by molar-refractivity contribution is 5.30. The van der Waals surface area contributed by atoms with Gasteiger partial charge in [-0.15, -0.1) is 0 Å². The normalized spacial score (nSPS) is 37.6. The van der Waals surface area contributed by atoms with Crippen molar-refractivity contribution in [2.45, 2.75) is 32.0 Å². The first-order chi connectivity index (χ1) is 6.43. The maximum Gasteiger partial charge on any atom is 0.130 e. The zero-order chi connectivity index (χ0) is 10.9. The van der Waals surface area contributed by atoms with Crippen molar-refractivity contribution < 1.29 is 10.2 Å². The molecule has 3 atom stereocenters. The minimum absolute atomic E-state index is 0.0818. The van der Waals surface area contributed by atoms with Crippen LogP contribution in [0.1, 0.15) is 20.3 Å². The summed E-state index contributed by atoms with van der Waals surface area (Å²) >= 11 is 0. The van der Waals surface area contributed by atoms with Crippen molar-refractivity contribution in [1.29, 1.82) is 0 Å². The lowest BCUT2D eigenvalue weighted by Gasteiger charge is -2.39. The van der Waals surface area contributed by atoms with E-state index in [0.717, 1.165) is 17.6 Å². The second-order valence-corrected chi connectivity index (χ2v) is 4.05. The van der Waals surface area contributed by atoms with Gasteiger partial charge < -0.3 is 10.2 Å². The summed E-state index contributed by atoms with van der Waals surface area (Å²) in [5.41, 5.74) is 0.362. The molecule has 2 nitrogen and oxygen atoms in total. The molecule has 0 aliphatic heterocycles. The largest absolute Gasteiger partial charge is 0.389 e. The van der Waals surface area contributed by atoms with Gasteiger partial charge in [0.25, 0.3) is 0 Å². The molecule has 0 radical (unpaired) electrons. The Hall–Kier alpha value is -0.860. The predicted octanol–water partition coefficient (Wildman–Crippen LogP) is 1.81. The highest BCUT2D eigenvalue weighted by Gasteiger charge is 2.41. The van der Waals surface area contributed by atoms with Crippen LogP contribution in [-0.2, 0) is 0 Å². The molecule has 3 unspecified atom stereocenters. The minimum Gasteiger partial charge on any atom is -0.389 e. The molecular formula is C12H18O2. The van der Waals surface area contributed by atoms with Crippen LogP contribution in [0.4, 0.5) is 0 Å². The zero-order valence-corrected chi connectivity index (χ0v) is 8.83. The fraction of sp³-hybridized carbons (Fsp3) is 0.500. The molecular weight excluding hydrogens is 176 g/mol. The van der Waals surface area contributed by atoms with Gasteiger partial charge in [0.15, 0.2) is 0 Å². The molecule has 0 aromatic heterocycles. The fourth-order valence-corrected chi connectivity index (χ4v) is 1.89. The number of hydrogen-bond donors (Lipinski definition) is 2. The summed E-state index contributed by atoms with van der Waals surface area (Å²) in [5, 5.41) is 20.2. The van der Waals surface area contributed by atoms with Gasteiger partial charge >= 0.3 is 0 Å². The summed E-state index contributed by atoms with van der Waals surface area (Å²) in [7, 11) is 0. The predicted molar refractivity (Wildman–Crippen MR) is 57.8 cm³/mol. The molecule has 78 valence electrons. The Balaban J connectivity index is 3.08. The SMILES string of the molecule is C=CC1(O)C(C)=CCC(C(=C)C)C1O. The Morgan fingerprint density at radius 3 is 2.71 bits per heavy atom. The van der Waals surface area contributed by atoms with Gasteiger partial charge in [0.05, 0.1) is 6.10 Å². The van der Waals surface area contributed by atoms with Crippen LogP contribution in [0.15, 0.2) is 36.5 Å². The van der Waals surface area contributed by atoms with Gasteiger partial charge in [0.1, 0.15) is 5.60 Å². The number of rotatable bonds is 2. The van der Waals surface area contributed by atoms with Gasteiger partial charge in [-0.1, -0.05) is 30.9 Å². The average Bonchev–Trinajstić information content (AvgIpc) is 2.14. The van der Waals surface area contributed by atoms with Crippen molar-refractivity contribution in [3.8, 4) is 0 Å². The van der Waals surface area contributed by atoms with Crippen molar-refractivity contribution in [3.63, 3.8) is 0 Å². The maximum atomic E-state index is 10.2. The number of aliphatic hydroxyl groups excluding tert-OH is 1. The first-order valence-corrected chi connectivity index (χ1v) is 4.80. The number of aliphatic hydroxyl groups is 2. The van der Waals surface area contributed by atoms with Crippen molar-refractivity contribution in [2.75, 3.05) is 0 Å². The molecule has 0 aromatic rings. The van der Waals surface area contributed by atoms with E-state index in [9.17, 15) is 10.2 Å². The maximum absolute atomic E-state index is 10.2. The monoisotopic (exact) mass is 194 g/mol. The topological polar surface area (TPSA) is 40.5 Å². The summed E-state index contributed by atoms with van der Waals surface area (Å²) in [5.74, 6) is -0.0818. The summed E-state index contributed by atoms with van der Waals surface area (Å²) in [6.07, 6.45) is 3.24. The third kappa shape index (κ3) is 1.56. The van der Waals surface area contributed by atoms with Crippen molar-refractivity contribution in [1.82, 2.24) is 0 Å². The van der Waals surface area contributed by atoms with Gasteiger partial charge in [0.2, 0.25) is 0 Å². The van der Waals surface area contributed by atoms with Crippen LogP contribution >= 0.6 is 0 Å².